The first kappa shape index (κ1) is 26.6. The maximum absolute atomic E-state index is 13.5. The fraction of sp³-hybridized carbons (Fsp3) is 0.536. The second-order valence-corrected chi connectivity index (χ2v) is 9.23. The molecule has 33 heavy (non-hydrogen) atoms. The molecule has 5 nitrogen and oxygen atoms in total. The van der Waals surface area contributed by atoms with Crippen LogP contribution < -0.4 is 15.0 Å². The highest BCUT2D eigenvalue weighted by Gasteiger charge is 2.21. The number of phenols is 1. The molecule has 0 unspecified atom stereocenters. The third kappa shape index (κ3) is 7.99. The number of aromatic nitrogens is 1. The minimum atomic E-state index is -0.211. The summed E-state index contributed by atoms with van der Waals surface area (Å²) in [7, 11) is 0. The molecule has 0 aliphatic heterocycles. The van der Waals surface area contributed by atoms with Crippen molar-refractivity contribution >= 4 is 10.9 Å². The zero-order valence-electron chi connectivity index (χ0n) is 21.2. The summed E-state index contributed by atoms with van der Waals surface area (Å²) in [6.07, 6.45) is 10.3. The van der Waals surface area contributed by atoms with Crippen molar-refractivity contribution in [2.75, 3.05) is 6.61 Å². The van der Waals surface area contributed by atoms with E-state index in [2.05, 4.69) is 39.8 Å². The molecule has 5 heteroatoms. The largest absolute Gasteiger partial charge is 0.508 e. The summed E-state index contributed by atoms with van der Waals surface area (Å²) in [6, 6.07) is 5.07. The first-order valence-electron chi connectivity index (χ1n) is 12.2. The molecule has 0 spiro atoms. The van der Waals surface area contributed by atoms with E-state index < -0.39 is 0 Å². The van der Waals surface area contributed by atoms with Gasteiger partial charge < -0.3 is 19.1 Å². The molecule has 0 aliphatic rings. The molecule has 0 aliphatic carbocycles. The van der Waals surface area contributed by atoms with Gasteiger partial charge in [0, 0.05) is 18.0 Å². The van der Waals surface area contributed by atoms with Gasteiger partial charge in [-0.1, -0.05) is 43.4 Å². The maximum Gasteiger partial charge on any atom is 0.297 e. The number of phenolic OH excluding ortho intramolecular Hbond substituents is 1. The summed E-state index contributed by atoms with van der Waals surface area (Å²) in [6.45, 7) is 13.2. The Balaban J connectivity index is 2.43. The highest BCUT2D eigenvalue weighted by molar-refractivity contribution is 5.89. The summed E-state index contributed by atoms with van der Waals surface area (Å²) in [5.41, 5.74) is 3.02. The van der Waals surface area contributed by atoms with Gasteiger partial charge in [0.25, 0.3) is 5.56 Å². The summed E-state index contributed by atoms with van der Waals surface area (Å²) >= 11 is 0. The molecule has 0 amide bonds. The zero-order valence-corrected chi connectivity index (χ0v) is 21.2. The minimum absolute atomic E-state index is 0.127. The van der Waals surface area contributed by atoms with E-state index in [4.69, 9.17) is 9.47 Å². The fourth-order valence-electron chi connectivity index (χ4n) is 3.75. The summed E-state index contributed by atoms with van der Waals surface area (Å²) in [4.78, 5) is 13.5. The number of fused-ring (bicyclic) bond motifs is 1. The Labute approximate surface area is 198 Å². The Hall–Kier alpha value is -2.69. The van der Waals surface area contributed by atoms with Crippen molar-refractivity contribution in [2.45, 2.75) is 92.7 Å². The van der Waals surface area contributed by atoms with Gasteiger partial charge in [0.15, 0.2) is 5.75 Å². The van der Waals surface area contributed by atoms with Gasteiger partial charge in [-0.2, -0.15) is 0 Å². The first-order chi connectivity index (χ1) is 15.7. The van der Waals surface area contributed by atoms with E-state index in [0.29, 0.717) is 24.4 Å². The SMILES string of the molecule is CCCCCCn1c(=O)c(OC(C)C)c(OC/C=C(\C)CCC=C(C)C)c2ccc(O)cc21. The van der Waals surface area contributed by atoms with Gasteiger partial charge in [0.1, 0.15) is 12.4 Å². The molecule has 0 radical (unpaired) electrons. The lowest BCUT2D eigenvalue weighted by molar-refractivity contribution is 0.222. The van der Waals surface area contributed by atoms with E-state index in [1.54, 1.807) is 22.8 Å². The lowest BCUT2D eigenvalue weighted by Gasteiger charge is -2.20. The van der Waals surface area contributed by atoms with Crippen molar-refractivity contribution in [1.82, 2.24) is 4.57 Å². The Morgan fingerprint density at radius 2 is 1.85 bits per heavy atom. The average Bonchev–Trinajstić information content (AvgIpc) is 2.74. The molecule has 0 saturated carbocycles. The number of benzene rings is 1. The van der Waals surface area contributed by atoms with Crippen LogP contribution >= 0.6 is 0 Å². The van der Waals surface area contributed by atoms with Crippen LogP contribution in [0.4, 0.5) is 0 Å². The van der Waals surface area contributed by atoms with Crippen molar-refractivity contribution in [3.8, 4) is 17.2 Å². The van der Waals surface area contributed by atoms with Crippen LogP contribution in [0.25, 0.3) is 10.9 Å². The molecule has 1 aromatic carbocycles. The molecular formula is C28H41NO4. The minimum Gasteiger partial charge on any atom is -0.508 e. The second-order valence-electron chi connectivity index (χ2n) is 9.23. The molecule has 0 saturated heterocycles. The number of unbranched alkanes of at least 4 members (excludes halogenated alkanes) is 3. The molecular weight excluding hydrogens is 414 g/mol. The van der Waals surface area contributed by atoms with Crippen LogP contribution in [0.2, 0.25) is 0 Å². The quantitative estimate of drug-likeness (QED) is 0.257. The molecule has 1 aromatic heterocycles. The fourth-order valence-corrected chi connectivity index (χ4v) is 3.75. The Morgan fingerprint density at radius 3 is 2.52 bits per heavy atom. The van der Waals surface area contributed by atoms with Gasteiger partial charge in [0.2, 0.25) is 5.75 Å². The summed E-state index contributed by atoms with van der Waals surface area (Å²) in [5.74, 6) is 0.818. The van der Waals surface area contributed by atoms with E-state index in [1.165, 1.54) is 11.1 Å². The topological polar surface area (TPSA) is 60.7 Å². The number of hydrogen-bond donors (Lipinski definition) is 1. The number of pyridine rings is 1. The van der Waals surface area contributed by atoms with Crippen molar-refractivity contribution in [2.24, 2.45) is 0 Å². The Kier molecular flexibility index (Phi) is 10.6. The normalized spacial score (nSPS) is 11.8. The number of hydrogen-bond acceptors (Lipinski definition) is 4. The van der Waals surface area contributed by atoms with Crippen LogP contribution in [0.1, 0.15) is 80.1 Å². The number of allylic oxidation sites excluding steroid dienone is 3. The van der Waals surface area contributed by atoms with Crippen molar-refractivity contribution in [3.63, 3.8) is 0 Å². The Morgan fingerprint density at radius 1 is 1.09 bits per heavy atom. The number of nitrogens with zero attached hydrogens (tertiary/aromatic N) is 1. The van der Waals surface area contributed by atoms with Crippen LogP contribution in [-0.2, 0) is 6.54 Å². The predicted octanol–water partition coefficient (Wildman–Crippen LogP) is 7.15. The van der Waals surface area contributed by atoms with Gasteiger partial charge in [0.05, 0.1) is 11.6 Å². The smallest absolute Gasteiger partial charge is 0.297 e. The standard InChI is InChI=1S/C28H41NO4/c1-7-8-9-10-17-29-25-19-23(30)14-15-24(25)26(27(28(29)31)33-21(4)5)32-18-16-22(6)13-11-12-20(2)3/h12,14-16,19,21,30H,7-11,13,17-18H2,1-6H3/b22-16+. The van der Waals surface area contributed by atoms with E-state index in [-0.39, 0.29) is 23.2 Å². The monoisotopic (exact) mass is 455 g/mol. The van der Waals surface area contributed by atoms with Gasteiger partial charge in [-0.3, -0.25) is 4.79 Å². The Bertz CT molecular complexity index is 1030. The van der Waals surface area contributed by atoms with E-state index in [9.17, 15) is 9.90 Å². The maximum atomic E-state index is 13.5. The highest BCUT2D eigenvalue weighted by Crippen LogP contribution is 2.35. The summed E-state index contributed by atoms with van der Waals surface area (Å²) in [5, 5.41) is 10.9. The predicted molar refractivity (Wildman–Crippen MR) is 138 cm³/mol. The van der Waals surface area contributed by atoms with Crippen molar-refractivity contribution < 1.29 is 14.6 Å². The van der Waals surface area contributed by atoms with Gasteiger partial charge in [-0.05, 0) is 72.1 Å². The summed E-state index contributed by atoms with van der Waals surface area (Å²) < 4.78 is 13.9. The highest BCUT2D eigenvalue weighted by atomic mass is 16.5. The van der Waals surface area contributed by atoms with E-state index in [1.807, 2.05) is 13.8 Å². The van der Waals surface area contributed by atoms with Crippen molar-refractivity contribution in [3.05, 3.63) is 51.9 Å². The number of ether oxygens (including phenoxy) is 2. The number of aryl methyl sites for hydroxylation is 1. The van der Waals surface area contributed by atoms with Crippen LogP contribution in [0, 0.1) is 0 Å². The van der Waals surface area contributed by atoms with E-state index >= 15 is 0 Å². The second kappa shape index (κ2) is 13.1. The van der Waals surface area contributed by atoms with Crippen LogP contribution in [0.15, 0.2) is 46.3 Å². The van der Waals surface area contributed by atoms with Gasteiger partial charge in [-0.15, -0.1) is 0 Å². The average molecular weight is 456 g/mol. The molecule has 0 atom stereocenters. The molecule has 2 rings (SSSR count). The van der Waals surface area contributed by atoms with Crippen molar-refractivity contribution in [1.29, 1.82) is 0 Å². The van der Waals surface area contributed by atoms with E-state index in [0.717, 1.165) is 43.9 Å². The molecule has 1 heterocycles. The van der Waals surface area contributed by atoms with Crippen LogP contribution in [0.3, 0.4) is 0 Å². The van der Waals surface area contributed by atoms with Crippen LogP contribution in [-0.4, -0.2) is 22.4 Å². The molecule has 0 fully saturated rings. The lowest BCUT2D eigenvalue weighted by atomic mass is 10.1. The third-order valence-electron chi connectivity index (χ3n) is 5.50. The van der Waals surface area contributed by atoms with Gasteiger partial charge >= 0.3 is 0 Å². The first-order valence-corrected chi connectivity index (χ1v) is 12.2. The number of rotatable bonds is 13. The van der Waals surface area contributed by atoms with Gasteiger partial charge in [-0.25, -0.2) is 0 Å². The zero-order chi connectivity index (χ0) is 24.4. The third-order valence-corrected chi connectivity index (χ3v) is 5.50. The lowest BCUT2D eigenvalue weighted by Crippen LogP contribution is -2.25. The van der Waals surface area contributed by atoms with Crippen LogP contribution in [0.5, 0.6) is 17.2 Å². The molecule has 1 N–H and O–H groups in total. The molecule has 182 valence electrons. The molecule has 2 aromatic rings. The number of aromatic hydroxyl groups is 1. The molecule has 0 bridgehead atoms.